The van der Waals surface area contributed by atoms with Gasteiger partial charge in [0, 0.05) is 33.5 Å². The summed E-state index contributed by atoms with van der Waals surface area (Å²) in [5.41, 5.74) is 8.61. The van der Waals surface area contributed by atoms with Crippen LogP contribution in [0.2, 0.25) is 5.02 Å². The van der Waals surface area contributed by atoms with E-state index < -0.39 is 11.1 Å². The number of carbonyl (C=O) groups is 1. The Morgan fingerprint density at radius 2 is 2.03 bits per heavy atom. The van der Waals surface area contributed by atoms with Gasteiger partial charge in [-0.1, -0.05) is 23.7 Å². The largest absolute Gasteiger partial charge is 0.402 e. The number of nitrogens with zero attached hydrogens (tertiary/aromatic N) is 1. The lowest BCUT2D eigenvalue weighted by atomic mass is 9.93. The third-order valence-electron chi connectivity index (χ3n) is 6.39. The van der Waals surface area contributed by atoms with E-state index in [0.29, 0.717) is 46.2 Å². The number of halogens is 1. The maximum absolute atomic E-state index is 13.2. The van der Waals surface area contributed by atoms with Gasteiger partial charge in [0.25, 0.3) is 5.91 Å². The molecular formula is C24H24ClN5O2. The highest BCUT2D eigenvalue weighted by atomic mass is 35.5. The predicted octanol–water partition coefficient (Wildman–Crippen LogP) is 3.96. The molecule has 2 saturated carbocycles. The molecule has 0 saturated heterocycles. The van der Waals surface area contributed by atoms with Gasteiger partial charge in [0.15, 0.2) is 0 Å². The lowest BCUT2D eigenvalue weighted by molar-refractivity contribution is 0.0923. The number of rotatable bonds is 6. The molecule has 2 aromatic heterocycles. The molecule has 6 N–H and O–H groups in total. The minimum atomic E-state index is -0.844. The van der Waals surface area contributed by atoms with Gasteiger partial charge in [-0.05, 0) is 62.4 Å². The number of fused-ring (bicyclic) bond motifs is 1. The van der Waals surface area contributed by atoms with E-state index in [1.807, 2.05) is 18.2 Å². The van der Waals surface area contributed by atoms with Gasteiger partial charge in [0.2, 0.25) is 0 Å². The zero-order valence-electron chi connectivity index (χ0n) is 17.6. The number of aliphatic hydroxyl groups is 1. The molecule has 164 valence electrons. The summed E-state index contributed by atoms with van der Waals surface area (Å²) in [5, 5.41) is 22.8. The van der Waals surface area contributed by atoms with Crippen LogP contribution >= 0.6 is 11.6 Å². The van der Waals surface area contributed by atoms with E-state index in [-0.39, 0.29) is 5.91 Å². The Balaban J connectivity index is 1.46. The molecule has 7 nitrogen and oxygen atoms in total. The quantitative estimate of drug-likeness (QED) is 0.365. The number of aromatic amines is 1. The van der Waals surface area contributed by atoms with Gasteiger partial charge < -0.3 is 26.6 Å². The van der Waals surface area contributed by atoms with Crippen LogP contribution in [0.3, 0.4) is 0 Å². The van der Waals surface area contributed by atoms with Gasteiger partial charge in [-0.2, -0.15) is 0 Å². The number of amides is 1. The number of nitrogens with two attached hydrogens (primary N) is 1. The average molecular weight is 450 g/mol. The lowest BCUT2D eigenvalue weighted by Gasteiger charge is -2.24. The van der Waals surface area contributed by atoms with Crippen LogP contribution in [0.4, 0.5) is 0 Å². The molecule has 1 amide bonds. The minimum Gasteiger partial charge on any atom is -0.402 e. The number of H-pyrrole nitrogens is 1. The number of carbonyl (C=O) groups excluding carboxylic acids is 1. The van der Waals surface area contributed by atoms with Crippen molar-refractivity contribution in [2.75, 3.05) is 0 Å². The molecule has 0 radical (unpaired) electrons. The van der Waals surface area contributed by atoms with Crippen LogP contribution in [0.15, 0.2) is 42.1 Å². The third kappa shape index (κ3) is 3.38. The van der Waals surface area contributed by atoms with E-state index in [1.165, 1.54) is 6.21 Å². The summed E-state index contributed by atoms with van der Waals surface area (Å²) in [6.45, 7) is 1.72. The highest BCUT2D eigenvalue weighted by molar-refractivity contribution is 6.31. The van der Waals surface area contributed by atoms with E-state index in [0.717, 1.165) is 29.4 Å². The van der Waals surface area contributed by atoms with Gasteiger partial charge in [0.05, 0.1) is 16.8 Å². The molecule has 0 atom stereocenters. The van der Waals surface area contributed by atoms with E-state index >= 15 is 0 Å². The van der Waals surface area contributed by atoms with Crippen LogP contribution in [-0.2, 0) is 11.1 Å². The van der Waals surface area contributed by atoms with Gasteiger partial charge >= 0.3 is 0 Å². The number of benzene rings is 1. The van der Waals surface area contributed by atoms with Gasteiger partial charge in [-0.15, -0.1) is 0 Å². The van der Waals surface area contributed by atoms with Crippen LogP contribution < -0.4 is 11.1 Å². The molecule has 0 unspecified atom stereocenters. The number of nitrogens with one attached hydrogen (secondary N) is 3. The fourth-order valence-electron chi connectivity index (χ4n) is 4.30. The zero-order chi connectivity index (χ0) is 22.7. The molecule has 0 spiro atoms. The molecule has 2 aliphatic carbocycles. The van der Waals surface area contributed by atoms with Crippen molar-refractivity contribution < 1.29 is 9.90 Å². The van der Waals surface area contributed by atoms with Crippen molar-refractivity contribution in [2.45, 2.75) is 43.7 Å². The smallest absolute Gasteiger partial charge is 0.268 e. The summed E-state index contributed by atoms with van der Waals surface area (Å²) >= 11 is 6.55. The maximum Gasteiger partial charge on any atom is 0.268 e. The number of hydrogen-bond donors (Lipinski definition) is 5. The molecule has 1 aromatic carbocycles. The van der Waals surface area contributed by atoms with Crippen molar-refractivity contribution in [1.82, 2.24) is 15.3 Å². The summed E-state index contributed by atoms with van der Waals surface area (Å²) in [6.07, 6.45) is 4.10. The fraction of sp³-hybridized carbons (Fsp3) is 0.292. The minimum absolute atomic E-state index is 0.256. The number of allylic oxidation sites excluding steroid dienone is 2. The Morgan fingerprint density at radius 1 is 1.28 bits per heavy atom. The zero-order valence-corrected chi connectivity index (χ0v) is 18.4. The number of pyridine rings is 1. The second-order valence-electron chi connectivity index (χ2n) is 8.79. The van der Waals surface area contributed by atoms with Crippen molar-refractivity contribution in [3.63, 3.8) is 0 Å². The Bertz CT molecular complexity index is 1300. The third-order valence-corrected chi connectivity index (χ3v) is 6.70. The van der Waals surface area contributed by atoms with Crippen LogP contribution in [0.1, 0.15) is 59.9 Å². The molecule has 8 heteroatoms. The van der Waals surface area contributed by atoms with E-state index in [4.69, 9.17) is 22.7 Å². The summed E-state index contributed by atoms with van der Waals surface area (Å²) < 4.78 is 0. The molecule has 3 aromatic rings. The van der Waals surface area contributed by atoms with Crippen molar-refractivity contribution in [3.05, 3.63) is 69.6 Å². The first-order valence-electron chi connectivity index (χ1n) is 10.6. The Hall–Kier alpha value is -3.16. The van der Waals surface area contributed by atoms with Crippen molar-refractivity contribution in [1.29, 1.82) is 5.41 Å². The first kappa shape index (κ1) is 20.7. The fourth-order valence-corrected chi connectivity index (χ4v) is 4.66. The normalized spacial score (nSPS) is 18.7. The summed E-state index contributed by atoms with van der Waals surface area (Å²) in [6, 6.07) is 10.9. The number of aromatic nitrogens is 2. The molecule has 0 bridgehead atoms. The van der Waals surface area contributed by atoms with Crippen molar-refractivity contribution >= 4 is 40.3 Å². The Labute approximate surface area is 190 Å². The Morgan fingerprint density at radius 3 is 2.66 bits per heavy atom. The number of hydrogen-bond acceptors (Lipinski definition) is 5. The van der Waals surface area contributed by atoms with E-state index in [9.17, 15) is 9.90 Å². The maximum atomic E-state index is 13.2. The molecule has 0 aliphatic heterocycles. The first-order chi connectivity index (χ1) is 15.3. The average Bonchev–Trinajstić information content (AvgIpc) is 3.65. The summed E-state index contributed by atoms with van der Waals surface area (Å²) in [5.74, 6) is -0.256. The Kier molecular flexibility index (Phi) is 4.65. The highest BCUT2D eigenvalue weighted by Crippen LogP contribution is 2.55. The second-order valence-corrected chi connectivity index (χ2v) is 9.20. The van der Waals surface area contributed by atoms with Crippen LogP contribution in [0.5, 0.6) is 0 Å². The van der Waals surface area contributed by atoms with Gasteiger partial charge in [0.1, 0.15) is 11.3 Å². The van der Waals surface area contributed by atoms with Crippen LogP contribution in [-0.4, -0.2) is 27.2 Å². The highest BCUT2D eigenvalue weighted by Gasteiger charge is 2.53. The molecule has 5 rings (SSSR count). The van der Waals surface area contributed by atoms with Gasteiger partial charge in [-0.3, -0.25) is 4.79 Å². The van der Waals surface area contributed by atoms with E-state index in [2.05, 4.69) is 15.3 Å². The predicted molar refractivity (Wildman–Crippen MR) is 125 cm³/mol. The first-order valence-corrected chi connectivity index (χ1v) is 11.0. The second kappa shape index (κ2) is 7.18. The molecule has 2 heterocycles. The monoisotopic (exact) mass is 449 g/mol. The van der Waals surface area contributed by atoms with E-state index in [1.54, 1.807) is 25.1 Å². The molecule has 2 aliphatic rings. The molecule has 2 fully saturated rings. The van der Waals surface area contributed by atoms with Crippen molar-refractivity contribution in [2.24, 2.45) is 5.73 Å². The van der Waals surface area contributed by atoms with Crippen molar-refractivity contribution in [3.8, 4) is 0 Å². The van der Waals surface area contributed by atoms with Crippen LogP contribution in [0, 0.1) is 5.41 Å². The topological polar surface area (TPSA) is 128 Å². The summed E-state index contributed by atoms with van der Waals surface area (Å²) in [4.78, 5) is 20.8. The van der Waals surface area contributed by atoms with Gasteiger partial charge in [-0.25, -0.2) is 4.98 Å². The standard InChI is InChI=1S/C24H24ClN5O2/c1-13(27)15(12-26)18-6-5-14-11-19(29-21(14)28-18)22(31)30-23(7-8-23)20-16(24(32)9-10-24)3-2-4-17(20)25/h2-6,11-12,26,32H,7-10,27H2,1H3,(H,28,29)(H,30,31)/b15-13+,26-12?. The SMILES string of the molecule is C/C(N)=C(/C=N)c1ccc2cc(C(=O)NC3(c4c(Cl)cccc4C4(O)CC4)CC3)[nH]c2n1. The van der Waals surface area contributed by atoms with Crippen LogP contribution in [0.25, 0.3) is 16.6 Å². The summed E-state index contributed by atoms with van der Waals surface area (Å²) in [7, 11) is 0. The lowest BCUT2D eigenvalue weighted by Crippen LogP contribution is -2.36. The molecular weight excluding hydrogens is 426 g/mol. The molecule has 32 heavy (non-hydrogen) atoms.